The molecule has 4 rings (SSSR count). The summed E-state index contributed by atoms with van der Waals surface area (Å²) >= 11 is 0. The highest BCUT2D eigenvalue weighted by Crippen LogP contribution is 2.28. The third kappa shape index (κ3) is 3.38. The Kier molecular flexibility index (Phi) is 4.77. The average Bonchev–Trinajstić information content (AvgIpc) is 3.01. The van der Waals surface area contributed by atoms with Gasteiger partial charge in [0.15, 0.2) is 0 Å². The number of hydrogen-bond donors (Lipinski definition) is 1. The van der Waals surface area contributed by atoms with Crippen molar-refractivity contribution in [2.75, 3.05) is 38.6 Å². The van der Waals surface area contributed by atoms with Gasteiger partial charge in [-0.3, -0.25) is 4.90 Å². The number of nitrogens with two attached hydrogens (primary N) is 1. The topological polar surface area (TPSA) is 65.0 Å². The molecule has 0 amide bonds. The summed E-state index contributed by atoms with van der Waals surface area (Å²) in [6.07, 6.45) is 1.95. The van der Waals surface area contributed by atoms with Crippen LogP contribution in [0.15, 0.2) is 42.6 Å². The van der Waals surface area contributed by atoms with E-state index in [2.05, 4.69) is 21.4 Å². The molecule has 136 valence electrons. The number of imidazole rings is 1. The largest absolute Gasteiger partial charge is 0.494 e. The summed E-state index contributed by atoms with van der Waals surface area (Å²) in [7, 11) is 0. The van der Waals surface area contributed by atoms with Gasteiger partial charge in [-0.1, -0.05) is 0 Å². The molecule has 1 aromatic carbocycles. The smallest absolute Gasteiger partial charge is 0.137 e. The van der Waals surface area contributed by atoms with Gasteiger partial charge in [-0.15, -0.1) is 0 Å². The number of nitrogen functional groups attached to an aromatic ring is 1. The van der Waals surface area contributed by atoms with Crippen molar-refractivity contribution in [1.29, 1.82) is 0 Å². The van der Waals surface area contributed by atoms with Crippen LogP contribution in [0.25, 0.3) is 16.9 Å². The van der Waals surface area contributed by atoms with Gasteiger partial charge in [0.2, 0.25) is 0 Å². The number of nitrogens with zero attached hydrogens (tertiary/aromatic N) is 3. The number of benzene rings is 1. The van der Waals surface area contributed by atoms with Crippen molar-refractivity contribution in [3.63, 3.8) is 0 Å². The third-order valence-corrected chi connectivity index (χ3v) is 4.66. The summed E-state index contributed by atoms with van der Waals surface area (Å²) in [5.41, 5.74) is 10.9. The molecule has 6 nitrogen and oxygen atoms in total. The van der Waals surface area contributed by atoms with Crippen molar-refractivity contribution in [3.8, 4) is 17.0 Å². The molecule has 1 aliphatic heterocycles. The number of pyridine rings is 1. The maximum Gasteiger partial charge on any atom is 0.137 e. The predicted molar refractivity (Wildman–Crippen MR) is 102 cm³/mol. The number of aromatic nitrogens is 2. The second-order valence-electron chi connectivity index (χ2n) is 6.44. The Morgan fingerprint density at radius 1 is 1.12 bits per heavy atom. The number of rotatable bonds is 5. The van der Waals surface area contributed by atoms with E-state index in [1.807, 2.05) is 37.4 Å². The molecular weight excluding hydrogens is 328 g/mol. The Balaban J connectivity index is 1.75. The number of hydrogen-bond acceptors (Lipinski definition) is 5. The summed E-state index contributed by atoms with van der Waals surface area (Å²) in [6.45, 7) is 6.87. The SMILES string of the molecule is CCOc1ccc(-c2nc3ccc(N)cn3c2CN2CCOCC2)cc1. The Morgan fingerprint density at radius 2 is 1.88 bits per heavy atom. The van der Waals surface area contributed by atoms with Gasteiger partial charge in [0, 0.05) is 37.1 Å². The van der Waals surface area contributed by atoms with E-state index in [0.717, 1.165) is 66.9 Å². The Labute approximate surface area is 153 Å². The fourth-order valence-electron chi connectivity index (χ4n) is 3.34. The van der Waals surface area contributed by atoms with Crippen molar-refractivity contribution in [2.45, 2.75) is 13.5 Å². The van der Waals surface area contributed by atoms with Crippen LogP contribution in [0.4, 0.5) is 5.69 Å². The van der Waals surface area contributed by atoms with E-state index in [-0.39, 0.29) is 0 Å². The van der Waals surface area contributed by atoms with Gasteiger partial charge in [-0.25, -0.2) is 4.98 Å². The number of ether oxygens (including phenoxy) is 2. The van der Waals surface area contributed by atoms with Gasteiger partial charge in [-0.05, 0) is 43.3 Å². The summed E-state index contributed by atoms with van der Waals surface area (Å²) < 4.78 is 13.1. The molecule has 1 saturated heterocycles. The lowest BCUT2D eigenvalue weighted by atomic mass is 10.1. The Hall–Kier alpha value is -2.57. The van der Waals surface area contributed by atoms with E-state index in [1.165, 1.54) is 0 Å². The molecule has 0 bridgehead atoms. The minimum atomic E-state index is 0.662. The zero-order valence-electron chi connectivity index (χ0n) is 15.0. The first-order chi connectivity index (χ1) is 12.7. The molecule has 0 atom stereocenters. The molecule has 2 N–H and O–H groups in total. The first kappa shape index (κ1) is 16.9. The highest BCUT2D eigenvalue weighted by Gasteiger charge is 2.19. The normalized spacial score (nSPS) is 15.4. The average molecular weight is 352 g/mol. The van der Waals surface area contributed by atoms with Crippen molar-refractivity contribution >= 4 is 11.3 Å². The second kappa shape index (κ2) is 7.35. The van der Waals surface area contributed by atoms with Gasteiger partial charge >= 0.3 is 0 Å². The Morgan fingerprint density at radius 3 is 2.62 bits per heavy atom. The van der Waals surface area contributed by atoms with E-state index < -0.39 is 0 Å². The summed E-state index contributed by atoms with van der Waals surface area (Å²) in [6, 6.07) is 12.0. The van der Waals surface area contributed by atoms with Crippen LogP contribution in [-0.2, 0) is 11.3 Å². The van der Waals surface area contributed by atoms with Crippen LogP contribution in [0.3, 0.4) is 0 Å². The van der Waals surface area contributed by atoms with E-state index in [0.29, 0.717) is 6.61 Å². The molecule has 0 aliphatic carbocycles. The molecule has 1 fully saturated rings. The molecular formula is C20H24N4O2. The van der Waals surface area contributed by atoms with Crippen LogP contribution in [0.2, 0.25) is 0 Å². The summed E-state index contributed by atoms with van der Waals surface area (Å²) in [5, 5.41) is 0. The van der Waals surface area contributed by atoms with Crippen LogP contribution in [0.1, 0.15) is 12.6 Å². The van der Waals surface area contributed by atoms with Crippen LogP contribution >= 0.6 is 0 Å². The zero-order chi connectivity index (χ0) is 17.9. The van der Waals surface area contributed by atoms with E-state index in [1.54, 1.807) is 0 Å². The highest BCUT2D eigenvalue weighted by atomic mass is 16.5. The van der Waals surface area contributed by atoms with Gasteiger partial charge in [-0.2, -0.15) is 0 Å². The van der Waals surface area contributed by atoms with Crippen LogP contribution in [-0.4, -0.2) is 47.2 Å². The van der Waals surface area contributed by atoms with Gasteiger partial charge in [0.1, 0.15) is 11.4 Å². The van der Waals surface area contributed by atoms with Crippen LogP contribution in [0.5, 0.6) is 5.75 Å². The van der Waals surface area contributed by atoms with Gasteiger partial charge in [0.25, 0.3) is 0 Å². The maximum absolute atomic E-state index is 6.03. The molecule has 0 spiro atoms. The van der Waals surface area contributed by atoms with Crippen LogP contribution in [0, 0.1) is 0 Å². The van der Waals surface area contributed by atoms with Gasteiger partial charge < -0.3 is 19.6 Å². The van der Waals surface area contributed by atoms with E-state index in [4.69, 9.17) is 20.2 Å². The molecule has 1 aliphatic rings. The third-order valence-electron chi connectivity index (χ3n) is 4.66. The molecule has 0 radical (unpaired) electrons. The van der Waals surface area contributed by atoms with Crippen molar-refractivity contribution in [2.24, 2.45) is 0 Å². The first-order valence-corrected chi connectivity index (χ1v) is 9.04. The molecule has 6 heteroatoms. The lowest BCUT2D eigenvalue weighted by molar-refractivity contribution is 0.0336. The predicted octanol–water partition coefficient (Wildman–Crippen LogP) is 2.81. The van der Waals surface area contributed by atoms with E-state index >= 15 is 0 Å². The summed E-state index contributed by atoms with van der Waals surface area (Å²) in [5.74, 6) is 0.874. The van der Waals surface area contributed by atoms with Crippen molar-refractivity contribution in [1.82, 2.24) is 14.3 Å². The lowest BCUT2D eigenvalue weighted by Crippen LogP contribution is -2.36. The fraction of sp³-hybridized carbons (Fsp3) is 0.350. The maximum atomic E-state index is 6.03. The number of fused-ring (bicyclic) bond motifs is 1. The first-order valence-electron chi connectivity index (χ1n) is 9.04. The quantitative estimate of drug-likeness (QED) is 0.765. The minimum absolute atomic E-state index is 0.662. The second-order valence-corrected chi connectivity index (χ2v) is 6.44. The molecule has 3 aromatic rings. The highest BCUT2D eigenvalue weighted by molar-refractivity contribution is 5.68. The van der Waals surface area contributed by atoms with Crippen molar-refractivity contribution < 1.29 is 9.47 Å². The lowest BCUT2D eigenvalue weighted by Gasteiger charge is -2.26. The van der Waals surface area contributed by atoms with E-state index in [9.17, 15) is 0 Å². The molecule has 0 saturated carbocycles. The minimum Gasteiger partial charge on any atom is -0.494 e. The number of anilines is 1. The molecule has 26 heavy (non-hydrogen) atoms. The van der Waals surface area contributed by atoms with Crippen molar-refractivity contribution in [3.05, 3.63) is 48.3 Å². The van der Waals surface area contributed by atoms with Gasteiger partial charge in [0.05, 0.1) is 31.2 Å². The molecule has 3 heterocycles. The monoisotopic (exact) mass is 352 g/mol. The standard InChI is InChI=1S/C20H24N4O2/c1-2-26-17-6-3-15(4-7-17)20-18(14-23-9-11-25-12-10-23)24-13-16(21)5-8-19(24)22-20/h3-8,13H,2,9-12,14,21H2,1H3. The Bertz CT molecular complexity index is 883. The molecule has 0 unspecified atom stereocenters. The fourth-order valence-corrected chi connectivity index (χ4v) is 3.34. The summed E-state index contributed by atoms with van der Waals surface area (Å²) in [4.78, 5) is 7.27. The molecule has 2 aromatic heterocycles. The zero-order valence-corrected chi connectivity index (χ0v) is 15.0. The number of morpholine rings is 1. The van der Waals surface area contributed by atoms with Crippen LogP contribution < -0.4 is 10.5 Å².